The van der Waals surface area contributed by atoms with Crippen molar-refractivity contribution in [2.75, 3.05) is 19.6 Å². The zero-order valence-corrected chi connectivity index (χ0v) is 16.9. The van der Waals surface area contributed by atoms with Crippen LogP contribution in [0.4, 0.5) is 4.39 Å². The van der Waals surface area contributed by atoms with Crippen LogP contribution in [0.1, 0.15) is 34.7 Å². The molecule has 0 N–H and O–H groups in total. The molecule has 0 amide bonds. The zero-order valence-electron chi connectivity index (χ0n) is 16.9. The lowest BCUT2D eigenvalue weighted by Crippen LogP contribution is -2.33. The first-order valence-corrected chi connectivity index (χ1v) is 10.5. The van der Waals surface area contributed by atoms with Crippen molar-refractivity contribution in [3.8, 4) is 0 Å². The predicted molar refractivity (Wildman–Crippen MR) is 112 cm³/mol. The first kappa shape index (κ1) is 18.5. The summed E-state index contributed by atoms with van der Waals surface area (Å²) in [6.45, 7) is 7.00. The molecule has 0 radical (unpaired) electrons. The third kappa shape index (κ3) is 3.27. The van der Waals surface area contributed by atoms with Gasteiger partial charge >= 0.3 is 0 Å². The average Bonchev–Trinajstić information content (AvgIpc) is 2.99. The summed E-state index contributed by atoms with van der Waals surface area (Å²) in [6, 6.07) is 10.9. The highest BCUT2D eigenvalue weighted by Crippen LogP contribution is 2.51. The Morgan fingerprint density at radius 1 is 1.14 bits per heavy atom. The van der Waals surface area contributed by atoms with Crippen molar-refractivity contribution in [2.45, 2.75) is 32.6 Å². The maximum Gasteiger partial charge on any atom is 0.261 e. The number of hydrogen-bond acceptors (Lipinski definition) is 3. The Kier molecular flexibility index (Phi) is 4.50. The molecule has 1 aliphatic heterocycles. The van der Waals surface area contributed by atoms with Crippen molar-refractivity contribution in [1.29, 1.82) is 0 Å². The number of likely N-dealkylation sites (tertiary alicyclic amines) is 1. The van der Waals surface area contributed by atoms with Crippen LogP contribution in [0.25, 0.3) is 5.65 Å². The zero-order chi connectivity index (χ0) is 20.1. The lowest BCUT2D eigenvalue weighted by atomic mass is 9.64. The van der Waals surface area contributed by atoms with Crippen LogP contribution < -0.4 is 5.56 Å². The molecule has 1 saturated heterocycles. The van der Waals surface area contributed by atoms with E-state index >= 15 is 0 Å². The molecule has 3 heterocycles. The fourth-order valence-corrected chi connectivity index (χ4v) is 5.22. The van der Waals surface area contributed by atoms with Gasteiger partial charge in [0, 0.05) is 37.1 Å². The molecule has 5 rings (SSSR count). The number of rotatable bonds is 4. The van der Waals surface area contributed by atoms with Crippen LogP contribution >= 0.6 is 0 Å². The summed E-state index contributed by atoms with van der Waals surface area (Å²) >= 11 is 0. The summed E-state index contributed by atoms with van der Waals surface area (Å²) < 4.78 is 14.9. The minimum absolute atomic E-state index is 0.0545. The average molecular weight is 391 g/mol. The van der Waals surface area contributed by atoms with E-state index in [1.165, 1.54) is 12.0 Å². The summed E-state index contributed by atoms with van der Waals surface area (Å²) in [6.07, 6.45) is 3.74. The van der Waals surface area contributed by atoms with Crippen molar-refractivity contribution in [1.82, 2.24) is 14.3 Å². The summed E-state index contributed by atoms with van der Waals surface area (Å²) in [4.78, 5) is 20.1. The number of aryl methyl sites for hydroxylation is 2. The van der Waals surface area contributed by atoms with Crippen LogP contribution in [0.2, 0.25) is 0 Å². The van der Waals surface area contributed by atoms with E-state index in [-0.39, 0.29) is 11.4 Å². The molecule has 2 aromatic heterocycles. The van der Waals surface area contributed by atoms with E-state index < -0.39 is 0 Å². The van der Waals surface area contributed by atoms with Gasteiger partial charge in [-0.2, -0.15) is 0 Å². The van der Waals surface area contributed by atoms with Gasteiger partial charge in [0.25, 0.3) is 5.56 Å². The summed E-state index contributed by atoms with van der Waals surface area (Å²) in [5, 5.41) is 0. The van der Waals surface area contributed by atoms with Crippen molar-refractivity contribution < 1.29 is 4.39 Å². The monoisotopic (exact) mass is 391 g/mol. The molecule has 0 bridgehead atoms. The van der Waals surface area contributed by atoms with Crippen molar-refractivity contribution in [3.63, 3.8) is 0 Å². The largest absolute Gasteiger partial charge is 0.302 e. The van der Waals surface area contributed by atoms with Crippen LogP contribution in [0.5, 0.6) is 0 Å². The summed E-state index contributed by atoms with van der Waals surface area (Å²) in [5.74, 6) is 1.76. The van der Waals surface area contributed by atoms with Gasteiger partial charge in [-0.05, 0) is 79.8 Å². The first-order valence-electron chi connectivity index (χ1n) is 10.5. The van der Waals surface area contributed by atoms with Crippen LogP contribution in [-0.2, 0) is 6.42 Å². The first-order chi connectivity index (χ1) is 14.0. The quantitative estimate of drug-likeness (QED) is 0.680. The van der Waals surface area contributed by atoms with Gasteiger partial charge in [-0.25, -0.2) is 9.37 Å². The van der Waals surface area contributed by atoms with E-state index in [9.17, 15) is 9.18 Å². The van der Waals surface area contributed by atoms with Gasteiger partial charge in [0.2, 0.25) is 0 Å². The van der Waals surface area contributed by atoms with Gasteiger partial charge < -0.3 is 4.90 Å². The topological polar surface area (TPSA) is 37.6 Å². The van der Waals surface area contributed by atoms with Gasteiger partial charge in [-0.1, -0.05) is 12.1 Å². The summed E-state index contributed by atoms with van der Waals surface area (Å²) in [5.41, 5.74) is 4.80. The molecule has 2 aliphatic rings. The van der Waals surface area contributed by atoms with E-state index in [1.54, 1.807) is 16.5 Å². The Hall–Kier alpha value is -2.53. The van der Waals surface area contributed by atoms with Crippen LogP contribution in [0.3, 0.4) is 0 Å². The highest BCUT2D eigenvalue weighted by Gasteiger charge is 2.47. The van der Waals surface area contributed by atoms with Gasteiger partial charge in [0.1, 0.15) is 11.5 Å². The minimum atomic E-state index is -0.168. The molecule has 2 fully saturated rings. The number of pyridine rings is 1. The van der Waals surface area contributed by atoms with E-state index in [4.69, 9.17) is 0 Å². The molecular formula is C24H26FN3O. The molecule has 5 heteroatoms. The Morgan fingerprint density at radius 2 is 1.93 bits per heavy atom. The van der Waals surface area contributed by atoms with Gasteiger partial charge in [-0.3, -0.25) is 9.20 Å². The van der Waals surface area contributed by atoms with E-state index in [2.05, 4.69) is 9.88 Å². The molecule has 3 aromatic rings. The molecule has 1 saturated carbocycles. The van der Waals surface area contributed by atoms with E-state index in [0.29, 0.717) is 11.8 Å². The number of fused-ring (bicyclic) bond motifs is 2. The Morgan fingerprint density at radius 3 is 2.72 bits per heavy atom. The van der Waals surface area contributed by atoms with Gasteiger partial charge in [0.15, 0.2) is 0 Å². The normalized spacial score (nSPS) is 23.9. The maximum atomic E-state index is 13.2. The highest BCUT2D eigenvalue weighted by atomic mass is 19.1. The molecule has 0 spiro atoms. The SMILES string of the molecule is Cc1ccn2c(=O)c(CCN3CC4CC(c5ccc(F)cc5)C4C3)c(C)nc2c1. The minimum Gasteiger partial charge on any atom is -0.302 e. The van der Waals surface area contributed by atoms with Crippen molar-refractivity contribution in [2.24, 2.45) is 11.8 Å². The third-order valence-corrected chi connectivity index (χ3v) is 6.90. The van der Waals surface area contributed by atoms with Gasteiger partial charge in [0.05, 0.1) is 0 Å². The smallest absolute Gasteiger partial charge is 0.261 e. The molecule has 3 atom stereocenters. The second-order valence-corrected chi connectivity index (χ2v) is 8.74. The molecule has 1 aliphatic carbocycles. The molecule has 150 valence electrons. The second-order valence-electron chi connectivity index (χ2n) is 8.74. The standard InChI is InChI=1S/C24H26FN3O/c1-15-7-10-28-23(11-15)26-16(2)20(24(28)29)8-9-27-13-18-12-21(22(18)14-27)17-3-5-19(25)6-4-17/h3-7,10-11,18,21-22H,8-9,12-14H2,1-2H3. The lowest BCUT2D eigenvalue weighted by molar-refractivity contribution is 0.191. The van der Waals surface area contributed by atoms with Crippen LogP contribution in [0.15, 0.2) is 47.4 Å². The predicted octanol–water partition coefficient (Wildman–Crippen LogP) is 3.73. The summed E-state index contributed by atoms with van der Waals surface area (Å²) in [7, 11) is 0. The van der Waals surface area contributed by atoms with Crippen LogP contribution in [-0.4, -0.2) is 33.9 Å². The molecule has 4 nitrogen and oxygen atoms in total. The van der Waals surface area contributed by atoms with Crippen molar-refractivity contribution in [3.05, 3.63) is 81.2 Å². The maximum absolute atomic E-state index is 13.2. The number of hydrogen-bond donors (Lipinski definition) is 0. The third-order valence-electron chi connectivity index (χ3n) is 6.90. The van der Waals surface area contributed by atoms with E-state index in [0.717, 1.165) is 54.4 Å². The second kappa shape index (κ2) is 7.06. The lowest BCUT2D eigenvalue weighted by Gasteiger charge is -2.40. The number of benzene rings is 1. The van der Waals surface area contributed by atoms with Crippen molar-refractivity contribution >= 4 is 5.65 Å². The molecular weight excluding hydrogens is 365 g/mol. The van der Waals surface area contributed by atoms with Gasteiger partial charge in [-0.15, -0.1) is 0 Å². The molecule has 1 aromatic carbocycles. The molecule has 3 unspecified atom stereocenters. The number of halogens is 1. The Labute approximate surface area is 170 Å². The number of nitrogens with zero attached hydrogens (tertiary/aromatic N) is 3. The molecule has 29 heavy (non-hydrogen) atoms. The highest BCUT2D eigenvalue weighted by molar-refractivity contribution is 5.43. The Bertz CT molecular complexity index is 1120. The number of aromatic nitrogens is 2. The fraction of sp³-hybridized carbons (Fsp3) is 0.417. The van der Waals surface area contributed by atoms with E-state index in [1.807, 2.05) is 44.3 Å². The van der Waals surface area contributed by atoms with Crippen LogP contribution in [0, 0.1) is 31.5 Å². The Balaban J connectivity index is 1.28. The fourth-order valence-electron chi connectivity index (χ4n) is 5.22.